The quantitative estimate of drug-likeness (QED) is 0.753. The molecule has 1 saturated carbocycles. The molecule has 0 saturated heterocycles. The minimum Gasteiger partial charge on any atom is -0.306 e. The average Bonchev–Trinajstić information content (AvgIpc) is 2.81. The normalized spacial score (nSPS) is 16.9. The molecule has 0 radical (unpaired) electrons. The molecule has 0 spiro atoms. The molecule has 1 aliphatic carbocycles. The van der Waals surface area contributed by atoms with E-state index in [-0.39, 0.29) is 0 Å². The van der Waals surface area contributed by atoms with Crippen molar-refractivity contribution in [3.63, 3.8) is 0 Å². The van der Waals surface area contributed by atoms with Crippen molar-refractivity contribution in [1.29, 1.82) is 0 Å². The first-order valence-corrected chi connectivity index (χ1v) is 8.97. The molecule has 3 heteroatoms. The largest absolute Gasteiger partial charge is 0.306 e. The highest BCUT2D eigenvalue weighted by Gasteiger charge is 2.21. The van der Waals surface area contributed by atoms with Gasteiger partial charge >= 0.3 is 0 Å². The highest BCUT2D eigenvalue weighted by atomic mass is 79.9. The van der Waals surface area contributed by atoms with Crippen LogP contribution in [0.3, 0.4) is 0 Å². The van der Waals surface area contributed by atoms with Gasteiger partial charge in [-0.25, -0.2) is 0 Å². The van der Waals surface area contributed by atoms with Crippen LogP contribution < -0.4 is 5.32 Å². The molecule has 1 aromatic heterocycles. The summed E-state index contributed by atoms with van der Waals surface area (Å²) >= 11 is 5.39. The molecule has 0 amide bonds. The van der Waals surface area contributed by atoms with E-state index in [0.29, 0.717) is 6.04 Å². The van der Waals surface area contributed by atoms with Gasteiger partial charge < -0.3 is 5.32 Å². The van der Waals surface area contributed by atoms with Gasteiger partial charge in [0.1, 0.15) is 0 Å². The van der Waals surface area contributed by atoms with E-state index in [9.17, 15) is 0 Å². The molecule has 1 aromatic carbocycles. The Labute approximate surface area is 133 Å². The fraction of sp³-hybridized carbons (Fsp3) is 0.412. The van der Waals surface area contributed by atoms with Crippen molar-refractivity contribution < 1.29 is 0 Å². The van der Waals surface area contributed by atoms with Crippen LogP contribution in [-0.4, -0.2) is 6.54 Å². The van der Waals surface area contributed by atoms with Gasteiger partial charge in [0.15, 0.2) is 0 Å². The van der Waals surface area contributed by atoms with Crippen molar-refractivity contribution in [2.24, 2.45) is 0 Å². The molecule has 1 unspecified atom stereocenters. The molecule has 1 atom stereocenters. The molecule has 20 heavy (non-hydrogen) atoms. The van der Waals surface area contributed by atoms with E-state index in [1.165, 1.54) is 39.1 Å². The fourth-order valence-corrected chi connectivity index (χ4v) is 4.33. The van der Waals surface area contributed by atoms with Gasteiger partial charge in [0.05, 0.1) is 9.83 Å². The topological polar surface area (TPSA) is 12.0 Å². The summed E-state index contributed by atoms with van der Waals surface area (Å²) in [4.78, 5) is 1.38. The number of hydrogen-bond acceptors (Lipinski definition) is 2. The SMILES string of the molecule is CCNC(c1cccc(C2CCC2)c1)c1ccc(Br)s1. The zero-order valence-corrected chi connectivity index (χ0v) is 14.1. The van der Waals surface area contributed by atoms with Crippen molar-refractivity contribution in [3.05, 3.63) is 56.2 Å². The zero-order valence-electron chi connectivity index (χ0n) is 11.7. The molecule has 1 aliphatic rings. The smallest absolute Gasteiger partial charge is 0.0702 e. The van der Waals surface area contributed by atoms with Crippen molar-refractivity contribution in [2.75, 3.05) is 6.54 Å². The molecular weight excluding hydrogens is 330 g/mol. The van der Waals surface area contributed by atoms with Crippen LogP contribution in [0.15, 0.2) is 40.2 Å². The van der Waals surface area contributed by atoms with E-state index in [1.807, 2.05) is 11.3 Å². The Kier molecular flexibility index (Phi) is 4.59. The molecule has 1 heterocycles. The number of rotatable bonds is 5. The summed E-state index contributed by atoms with van der Waals surface area (Å²) in [6.07, 6.45) is 4.11. The Balaban J connectivity index is 1.90. The van der Waals surface area contributed by atoms with Crippen LogP contribution in [0, 0.1) is 0 Å². The molecule has 0 aliphatic heterocycles. The minimum absolute atomic E-state index is 0.316. The highest BCUT2D eigenvalue weighted by molar-refractivity contribution is 9.11. The molecule has 1 N–H and O–H groups in total. The summed E-state index contributed by atoms with van der Waals surface area (Å²) in [5.74, 6) is 0.798. The van der Waals surface area contributed by atoms with Gasteiger partial charge in [-0.15, -0.1) is 11.3 Å². The van der Waals surface area contributed by atoms with Gasteiger partial charge in [0.25, 0.3) is 0 Å². The second-order valence-electron chi connectivity index (χ2n) is 5.43. The second-order valence-corrected chi connectivity index (χ2v) is 7.93. The van der Waals surface area contributed by atoms with Crippen LogP contribution >= 0.6 is 27.3 Å². The van der Waals surface area contributed by atoms with Gasteiger partial charge in [-0.2, -0.15) is 0 Å². The van der Waals surface area contributed by atoms with Crippen LogP contribution in [0.5, 0.6) is 0 Å². The Morgan fingerprint density at radius 3 is 2.75 bits per heavy atom. The number of halogens is 1. The molecule has 1 fully saturated rings. The van der Waals surface area contributed by atoms with Gasteiger partial charge in [-0.1, -0.05) is 37.6 Å². The summed E-state index contributed by atoms with van der Waals surface area (Å²) < 4.78 is 1.20. The zero-order chi connectivity index (χ0) is 13.9. The standard InChI is InChI=1S/C17H20BrNS/c1-2-19-17(15-9-10-16(18)20-15)14-8-4-7-13(11-14)12-5-3-6-12/h4,7-12,17,19H,2-3,5-6H2,1H3. The third-order valence-corrected chi connectivity index (χ3v) is 5.80. The lowest BCUT2D eigenvalue weighted by atomic mass is 9.79. The summed E-state index contributed by atoms with van der Waals surface area (Å²) in [5.41, 5.74) is 2.91. The summed E-state index contributed by atoms with van der Waals surface area (Å²) in [5, 5.41) is 3.62. The Morgan fingerprint density at radius 1 is 1.30 bits per heavy atom. The van der Waals surface area contributed by atoms with Crippen molar-refractivity contribution in [2.45, 2.75) is 38.1 Å². The molecule has 106 valence electrons. The fourth-order valence-electron chi connectivity index (χ4n) is 2.80. The molecule has 2 aromatic rings. The lowest BCUT2D eigenvalue weighted by molar-refractivity contribution is 0.419. The Hall–Kier alpha value is -0.640. The van der Waals surface area contributed by atoms with Gasteiger partial charge in [0, 0.05) is 4.88 Å². The molecule has 3 rings (SSSR count). The number of thiophene rings is 1. The van der Waals surface area contributed by atoms with Gasteiger partial charge in [-0.3, -0.25) is 0 Å². The Bertz CT molecular complexity index is 574. The van der Waals surface area contributed by atoms with Gasteiger partial charge in [0.2, 0.25) is 0 Å². The van der Waals surface area contributed by atoms with Gasteiger partial charge in [-0.05, 0) is 64.5 Å². The van der Waals surface area contributed by atoms with E-state index in [0.717, 1.165) is 12.5 Å². The predicted octanol–water partition coefficient (Wildman–Crippen LogP) is 5.48. The maximum absolute atomic E-state index is 3.62. The van der Waals surface area contributed by atoms with Crippen molar-refractivity contribution >= 4 is 27.3 Å². The van der Waals surface area contributed by atoms with Crippen LogP contribution in [0.25, 0.3) is 0 Å². The lowest BCUT2D eigenvalue weighted by Crippen LogP contribution is -2.21. The summed E-state index contributed by atoms with van der Waals surface area (Å²) in [7, 11) is 0. The van der Waals surface area contributed by atoms with Crippen LogP contribution in [0.2, 0.25) is 0 Å². The third-order valence-electron chi connectivity index (χ3n) is 4.11. The average molecular weight is 350 g/mol. The number of benzene rings is 1. The van der Waals surface area contributed by atoms with E-state index < -0.39 is 0 Å². The summed E-state index contributed by atoms with van der Waals surface area (Å²) in [6.45, 7) is 3.15. The monoisotopic (exact) mass is 349 g/mol. The van der Waals surface area contributed by atoms with E-state index in [1.54, 1.807) is 0 Å². The van der Waals surface area contributed by atoms with Crippen molar-refractivity contribution in [1.82, 2.24) is 5.32 Å². The number of hydrogen-bond donors (Lipinski definition) is 1. The first kappa shape index (κ1) is 14.3. The number of nitrogens with one attached hydrogen (secondary N) is 1. The van der Waals surface area contributed by atoms with E-state index in [2.05, 4.69) is 64.6 Å². The lowest BCUT2D eigenvalue weighted by Gasteiger charge is -2.27. The first-order chi connectivity index (χ1) is 9.78. The molecule has 1 nitrogen and oxygen atoms in total. The van der Waals surface area contributed by atoms with Crippen LogP contribution in [0.4, 0.5) is 0 Å². The van der Waals surface area contributed by atoms with E-state index >= 15 is 0 Å². The van der Waals surface area contributed by atoms with Crippen LogP contribution in [-0.2, 0) is 0 Å². The Morgan fingerprint density at radius 2 is 2.15 bits per heavy atom. The predicted molar refractivity (Wildman–Crippen MR) is 90.6 cm³/mol. The first-order valence-electron chi connectivity index (χ1n) is 7.36. The van der Waals surface area contributed by atoms with E-state index in [4.69, 9.17) is 0 Å². The molecular formula is C17H20BrNS. The highest BCUT2D eigenvalue weighted by Crippen LogP contribution is 2.38. The van der Waals surface area contributed by atoms with Crippen molar-refractivity contribution in [3.8, 4) is 0 Å². The third kappa shape index (κ3) is 3.00. The second kappa shape index (κ2) is 6.42. The molecule has 0 bridgehead atoms. The minimum atomic E-state index is 0.316. The maximum Gasteiger partial charge on any atom is 0.0702 e. The maximum atomic E-state index is 3.62. The van der Waals surface area contributed by atoms with Crippen LogP contribution in [0.1, 0.15) is 54.1 Å². The summed E-state index contributed by atoms with van der Waals surface area (Å²) in [6, 6.07) is 13.8.